The topological polar surface area (TPSA) is 42.0 Å². The number of amides is 1. The first kappa shape index (κ1) is 13.6. The number of anilines is 1. The molecule has 1 amide bonds. The first-order chi connectivity index (χ1) is 9.28. The summed E-state index contributed by atoms with van der Waals surface area (Å²) in [7, 11) is 0. The Morgan fingerprint density at radius 3 is 2.68 bits per heavy atom. The summed E-state index contributed by atoms with van der Waals surface area (Å²) in [5.74, 6) is 0.0285. The molecule has 0 atom stereocenters. The number of nitrogens with zero attached hydrogens (tertiary/aromatic N) is 1. The number of aromatic nitrogens is 1. The molecule has 3 nitrogen and oxygen atoms in total. The Morgan fingerprint density at radius 1 is 1.26 bits per heavy atom. The second-order valence-corrected chi connectivity index (χ2v) is 5.02. The second-order valence-electron chi connectivity index (χ2n) is 4.14. The zero-order valence-corrected chi connectivity index (χ0v) is 11.6. The number of carbonyl (C=O) groups excluding carboxylic acids is 1. The van der Waals surface area contributed by atoms with Gasteiger partial charge < -0.3 is 5.32 Å². The number of aryl methyl sites for hydroxylation is 1. The van der Waals surface area contributed by atoms with E-state index in [9.17, 15) is 4.79 Å². The normalized spacial score (nSPS) is 10.2. The van der Waals surface area contributed by atoms with Gasteiger partial charge in [-0.1, -0.05) is 6.07 Å². The maximum absolute atomic E-state index is 11.8. The van der Waals surface area contributed by atoms with Gasteiger partial charge >= 0.3 is 0 Å². The summed E-state index contributed by atoms with van der Waals surface area (Å²) in [5, 5.41) is 2.89. The molecule has 0 saturated carbocycles. The van der Waals surface area contributed by atoms with Crippen LogP contribution in [0.15, 0.2) is 53.7 Å². The van der Waals surface area contributed by atoms with Crippen molar-refractivity contribution in [1.82, 2.24) is 4.98 Å². The molecule has 1 aromatic carbocycles. The number of rotatable bonds is 5. The molecule has 4 heteroatoms. The number of hydrogen-bond donors (Lipinski definition) is 1. The standard InChI is InChI=1S/C15H16N2OS/c1-19-14-7-5-13(6-8-14)17-15(18)9-4-12-3-2-10-16-11-12/h2-3,5-8,10-11H,4,9H2,1H3,(H,17,18). The molecule has 2 aromatic rings. The molecule has 0 saturated heterocycles. The van der Waals surface area contributed by atoms with Crippen LogP contribution in [0.1, 0.15) is 12.0 Å². The minimum absolute atomic E-state index is 0.0285. The first-order valence-electron chi connectivity index (χ1n) is 6.11. The third kappa shape index (κ3) is 4.41. The third-order valence-electron chi connectivity index (χ3n) is 2.74. The molecule has 0 aliphatic rings. The summed E-state index contributed by atoms with van der Waals surface area (Å²) in [6.45, 7) is 0. The molecule has 0 spiro atoms. The minimum Gasteiger partial charge on any atom is -0.326 e. The lowest BCUT2D eigenvalue weighted by atomic mass is 10.1. The quantitative estimate of drug-likeness (QED) is 0.848. The predicted molar refractivity (Wildman–Crippen MR) is 79.4 cm³/mol. The van der Waals surface area contributed by atoms with E-state index in [0.717, 1.165) is 11.3 Å². The van der Waals surface area contributed by atoms with E-state index in [1.807, 2.05) is 42.7 Å². The van der Waals surface area contributed by atoms with E-state index in [-0.39, 0.29) is 5.91 Å². The van der Waals surface area contributed by atoms with Gasteiger partial charge in [0.2, 0.25) is 5.91 Å². The second kappa shape index (κ2) is 6.95. The van der Waals surface area contributed by atoms with Crippen LogP contribution in [0.3, 0.4) is 0 Å². The van der Waals surface area contributed by atoms with Gasteiger partial charge in [-0.3, -0.25) is 9.78 Å². The lowest BCUT2D eigenvalue weighted by Crippen LogP contribution is -2.12. The van der Waals surface area contributed by atoms with Gasteiger partial charge in [0, 0.05) is 29.4 Å². The molecule has 2 rings (SSSR count). The van der Waals surface area contributed by atoms with Gasteiger partial charge in [0.1, 0.15) is 0 Å². The molecule has 0 bridgehead atoms. The van der Waals surface area contributed by atoms with Gasteiger partial charge in [-0.25, -0.2) is 0 Å². The van der Waals surface area contributed by atoms with Crippen molar-refractivity contribution in [1.29, 1.82) is 0 Å². The summed E-state index contributed by atoms with van der Waals surface area (Å²) in [5.41, 5.74) is 1.92. The van der Waals surface area contributed by atoms with Gasteiger partial charge in [0.25, 0.3) is 0 Å². The van der Waals surface area contributed by atoms with Crippen LogP contribution in [0.2, 0.25) is 0 Å². The van der Waals surface area contributed by atoms with Gasteiger partial charge in [0.05, 0.1) is 0 Å². The molecular formula is C15H16N2OS. The van der Waals surface area contributed by atoms with Crippen LogP contribution in [-0.2, 0) is 11.2 Å². The third-order valence-corrected chi connectivity index (χ3v) is 3.48. The smallest absolute Gasteiger partial charge is 0.224 e. The highest BCUT2D eigenvalue weighted by atomic mass is 32.2. The number of nitrogens with one attached hydrogen (secondary N) is 1. The lowest BCUT2D eigenvalue weighted by molar-refractivity contribution is -0.116. The Labute approximate surface area is 117 Å². The average Bonchev–Trinajstić information content (AvgIpc) is 2.47. The van der Waals surface area contributed by atoms with Crippen molar-refractivity contribution >= 4 is 23.4 Å². The molecule has 0 aliphatic carbocycles. The number of benzene rings is 1. The predicted octanol–water partition coefficient (Wildman–Crippen LogP) is 3.37. The number of thioether (sulfide) groups is 1. The molecule has 0 radical (unpaired) electrons. The van der Waals surface area contributed by atoms with Crippen molar-refractivity contribution < 1.29 is 4.79 Å². The average molecular weight is 272 g/mol. The van der Waals surface area contributed by atoms with E-state index >= 15 is 0 Å². The molecule has 1 heterocycles. The van der Waals surface area contributed by atoms with Gasteiger partial charge in [0.15, 0.2) is 0 Å². The summed E-state index contributed by atoms with van der Waals surface area (Å²) in [6, 6.07) is 11.7. The van der Waals surface area contributed by atoms with E-state index in [1.54, 1.807) is 24.2 Å². The van der Waals surface area contributed by atoms with E-state index in [4.69, 9.17) is 0 Å². The monoisotopic (exact) mass is 272 g/mol. The Balaban J connectivity index is 1.83. The SMILES string of the molecule is CSc1ccc(NC(=O)CCc2cccnc2)cc1. The van der Waals surface area contributed by atoms with E-state index in [1.165, 1.54) is 4.90 Å². The molecule has 1 aromatic heterocycles. The van der Waals surface area contributed by atoms with Crippen LogP contribution in [0.4, 0.5) is 5.69 Å². The molecule has 0 unspecified atom stereocenters. The fourth-order valence-corrected chi connectivity index (χ4v) is 2.11. The van der Waals surface area contributed by atoms with Gasteiger partial charge in [-0.05, 0) is 48.6 Å². The number of carbonyl (C=O) groups is 1. The van der Waals surface area contributed by atoms with Crippen LogP contribution in [-0.4, -0.2) is 17.1 Å². The Morgan fingerprint density at radius 2 is 2.05 bits per heavy atom. The Kier molecular flexibility index (Phi) is 4.98. The first-order valence-corrected chi connectivity index (χ1v) is 7.33. The van der Waals surface area contributed by atoms with Crippen LogP contribution >= 0.6 is 11.8 Å². The van der Waals surface area contributed by atoms with Crippen molar-refractivity contribution in [3.63, 3.8) is 0 Å². The number of hydrogen-bond acceptors (Lipinski definition) is 3. The van der Waals surface area contributed by atoms with Crippen molar-refractivity contribution in [2.24, 2.45) is 0 Å². The zero-order chi connectivity index (χ0) is 13.5. The fourth-order valence-electron chi connectivity index (χ4n) is 1.70. The fraction of sp³-hybridized carbons (Fsp3) is 0.200. The molecule has 98 valence electrons. The molecular weight excluding hydrogens is 256 g/mol. The van der Waals surface area contributed by atoms with Crippen LogP contribution in [0.5, 0.6) is 0 Å². The van der Waals surface area contributed by atoms with E-state index in [0.29, 0.717) is 12.8 Å². The number of pyridine rings is 1. The molecule has 19 heavy (non-hydrogen) atoms. The summed E-state index contributed by atoms with van der Waals surface area (Å²) in [4.78, 5) is 17.0. The summed E-state index contributed by atoms with van der Waals surface area (Å²) in [6.07, 6.45) is 6.73. The van der Waals surface area contributed by atoms with Gasteiger partial charge in [-0.2, -0.15) is 0 Å². The summed E-state index contributed by atoms with van der Waals surface area (Å²) < 4.78 is 0. The van der Waals surface area contributed by atoms with Crippen molar-refractivity contribution in [3.05, 3.63) is 54.4 Å². The van der Waals surface area contributed by atoms with Crippen molar-refractivity contribution in [3.8, 4) is 0 Å². The molecule has 0 fully saturated rings. The minimum atomic E-state index is 0.0285. The van der Waals surface area contributed by atoms with Crippen LogP contribution in [0.25, 0.3) is 0 Å². The molecule has 1 N–H and O–H groups in total. The van der Waals surface area contributed by atoms with Crippen LogP contribution < -0.4 is 5.32 Å². The van der Waals surface area contributed by atoms with Crippen molar-refractivity contribution in [2.45, 2.75) is 17.7 Å². The lowest BCUT2D eigenvalue weighted by Gasteiger charge is -2.06. The highest BCUT2D eigenvalue weighted by Crippen LogP contribution is 2.17. The maximum Gasteiger partial charge on any atom is 0.224 e. The zero-order valence-electron chi connectivity index (χ0n) is 10.8. The van der Waals surface area contributed by atoms with E-state index < -0.39 is 0 Å². The highest BCUT2D eigenvalue weighted by Gasteiger charge is 2.03. The Hall–Kier alpha value is -1.81. The largest absolute Gasteiger partial charge is 0.326 e. The highest BCUT2D eigenvalue weighted by molar-refractivity contribution is 7.98. The molecule has 0 aliphatic heterocycles. The van der Waals surface area contributed by atoms with Crippen molar-refractivity contribution in [2.75, 3.05) is 11.6 Å². The van der Waals surface area contributed by atoms with E-state index in [2.05, 4.69) is 10.3 Å². The van der Waals surface area contributed by atoms with Gasteiger partial charge in [-0.15, -0.1) is 11.8 Å². The van der Waals surface area contributed by atoms with Crippen LogP contribution in [0, 0.1) is 0 Å². The summed E-state index contributed by atoms with van der Waals surface area (Å²) >= 11 is 1.68. The maximum atomic E-state index is 11.8. The Bertz CT molecular complexity index is 526.